The molecule has 3 aliphatic rings. The number of carboxylic acid groups (broad SMARTS) is 1. The summed E-state index contributed by atoms with van der Waals surface area (Å²) in [5.74, 6) is -3.14. The Morgan fingerprint density at radius 3 is 2.93 bits per heavy atom. The van der Waals surface area contributed by atoms with Crippen molar-refractivity contribution in [3.8, 4) is 0 Å². The molecule has 1 aromatic rings. The average molecular weight is 389 g/mol. The molecule has 3 unspecified atom stereocenters. The molecule has 144 valence electrons. The minimum Gasteiger partial charge on any atom is -0.481 e. The van der Waals surface area contributed by atoms with Crippen LogP contribution in [-0.4, -0.2) is 27.2 Å². The van der Waals surface area contributed by atoms with Gasteiger partial charge in [0, 0.05) is 11.7 Å². The van der Waals surface area contributed by atoms with Crippen LogP contribution in [0.1, 0.15) is 44.2 Å². The van der Waals surface area contributed by atoms with E-state index in [9.17, 15) is 4.79 Å². The third-order valence-electron chi connectivity index (χ3n) is 5.52. The van der Waals surface area contributed by atoms with Gasteiger partial charge in [0.25, 0.3) is 0 Å². The van der Waals surface area contributed by atoms with Gasteiger partial charge in [0.2, 0.25) is 5.85 Å². The van der Waals surface area contributed by atoms with E-state index < -0.39 is 11.8 Å². The van der Waals surface area contributed by atoms with Crippen LogP contribution < -0.4 is 0 Å². The number of alkyl halides is 1. The summed E-state index contributed by atoms with van der Waals surface area (Å²) in [6.45, 7) is 0.0974. The number of carboxylic acids is 1. The van der Waals surface area contributed by atoms with E-state index in [4.69, 9.17) is 9.84 Å². The summed E-state index contributed by atoms with van der Waals surface area (Å²) in [5.41, 5.74) is 1.54. The molecule has 3 atom stereocenters. The number of nitrogens with zero attached hydrogens (tertiary/aromatic N) is 1. The first kappa shape index (κ1) is 18.7. The molecule has 27 heavy (non-hydrogen) atoms. The van der Waals surface area contributed by atoms with Crippen molar-refractivity contribution in [3.05, 3.63) is 47.7 Å². The number of halogens is 1. The zero-order chi connectivity index (χ0) is 18.9. The number of thioether (sulfide) groups is 1. The number of aliphatic carboxylic acids is 1. The predicted octanol–water partition coefficient (Wildman–Crippen LogP) is 4.91. The fourth-order valence-electron chi connectivity index (χ4n) is 3.92. The van der Waals surface area contributed by atoms with Gasteiger partial charge in [-0.15, -0.1) is 11.8 Å². The number of aromatic nitrogens is 1. The molecule has 2 fully saturated rings. The third-order valence-corrected chi connectivity index (χ3v) is 6.79. The molecule has 6 heteroatoms. The van der Waals surface area contributed by atoms with Gasteiger partial charge in [0.1, 0.15) is 0 Å². The highest BCUT2D eigenvalue weighted by Crippen LogP contribution is 2.48. The van der Waals surface area contributed by atoms with Gasteiger partial charge < -0.3 is 9.84 Å². The van der Waals surface area contributed by atoms with E-state index in [1.807, 2.05) is 24.3 Å². The van der Waals surface area contributed by atoms with Crippen molar-refractivity contribution < 1.29 is 19.0 Å². The van der Waals surface area contributed by atoms with Crippen LogP contribution in [0.2, 0.25) is 0 Å². The first-order chi connectivity index (χ1) is 13.0. The number of allylic oxidation sites excluding steroid dienone is 2. The molecule has 1 heterocycles. The van der Waals surface area contributed by atoms with Gasteiger partial charge in [-0.1, -0.05) is 36.6 Å². The molecule has 1 N–H and O–H groups in total. The summed E-state index contributed by atoms with van der Waals surface area (Å²) in [6.07, 6.45) is 10.6. The maximum absolute atomic E-state index is 15.1. The van der Waals surface area contributed by atoms with Crippen LogP contribution in [0.15, 0.2) is 47.0 Å². The number of hydrogen-bond acceptors (Lipinski definition) is 4. The van der Waals surface area contributed by atoms with Crippen molar-refractivity contribution in [2.24, 2.45) is 11.8 Å². The highest BCUT2D eigenvalue weighted by atomic mass is 32.2. The van der Waals surface area contributed by atoms with E-state index in [2.05, 4.69) is 4.98 Å². The second-order valence-electron chi connectivity index (χ2n) is 7.63. The number of hydrogen-bond donors (Lipinski definition) is 1. The van der Waals surface area contributed by atoms with Gasteiger partial charge in [0.15, 0.2) is 0 Å². The Morgan fingerprint density at radius 2 is 2.19 bits per heavy atom. The number of ether oxygens (including phenoxy) is 1. The van der Waals surface area contributed by atoms with Crippen molar-refractivity contribution in [2.45, 2.75) is 61.3 Å². The lowest BCUT2D eigenvalue weighted by molar-refractivity contribution is -0.139. The smallest absolute Gasteiger partial charge is 0.307 e. The van der Waals surface area contributed by atoms with E-state index in [-0.39, 0.29) is 24.9 Å². The fourth-order valence-corrected chi connectivity index (χ4v) is 5.16. The third kappa shape index (κ3) is 4.61. The van der Waals surface area contributed by atoms with Crippen molar-refractivity contribution in [3.63, 3.8) is 0 Å². The summed E-state index contributed by atoms with van der Waals surface area (Å²) in [6, 6.07) is 5.79. The zero-order valence-electron chi connectivity index (χ0n) is 15.1. The topological polar surface area (TPSA) is 59.4 Å². The average Bonchev–Trinajstić information content (AvgIpc) is 3.31. The largest absolute Gasteiger partial charge is 0.481 e. The van der Waals surface area contributed by atoms with Gasteiger partial charge in [-0.2, -0.15) is 0 Å². The fraction of sp³-hybridized carbons (Fsp3) is 0.524. The lowest BCUT2D eigenvalue weighted by atomic mass is 9.96. The van der Waals surface area contributed by atoms with Gasteiger partial charge in [-0.05, 0) is 43.4 Å². The van der Waals surface area contributed by atoms with Gasteiger partial charge >= 0.3 is 5.97 Å². The molecule has 0 radical (unpaired) electrons. The van der Waals surface area contributed by atoms with E-state index in [1.165, 1.54) is 31.8 Å². The van der Waals surface area contributed by atoms with Crippen LogP contribution in [0.5, 0.6) is 0 Å². The van der Waals surface area contributed by atoms with E-state index in [0.717, 1.165) is 10.6 Å². The Balaban J connectivity index is 1.34. The summed E-state index contributed by atoms with van der Waals surface area (Å²) < 4.78 is 20.7. The molecule has 0 saturated heterocycles. The first-order valence-corrected chi connectivity index (χ1v) is 10.5. The molecular weight excluding hydrogens is 365 g/mol. The number of pyridine rings is 1. The molecule has 0 amide bonds. The van der Waals surface area contributed by atoms with Crippen molar-refractivity contribution in [1.82, 2.24) is 4.98 Å². The lowest BCUT2D eigenvalue weighted by Gasteiger charge is -2.26. The van der Waals surface area contributed by atoms with E-state index >= 15 is 4.39 Å². The van der Waals surface area contributed by atoms with Gasteiger partial charge in [-0.3, -0.25) is 4.79 Å². The predicted molar refractivity (Wildman–Crippen MR) is 102 cm³/mol. The summed E-state index contributed by atoms with van der Waals surface area (Å²) >= 11 is 1.80. The molecular formula is C21H24FNO3S. The lowest BCUT2D eigenvalue weighted by Crippen LogP contribution is -2.27. The van der Waals surface area contributed by atoms with Crippen molar-refractivity contribution >= 4 is 17.7 Å². The van der Waals surface area contributed by atoms with Crippen LogP contribution in [0, 0.1) is 11.8 Å². The van der Waals surface area contributed by atoms with Crippen molar-refractivity contribution in [1.29, 1.82) is 0 Å². The van der Waals surface area contributed by atoms with Crippen LogP contribution >= 0.6 is 11.8 Å². The molecule has 3 aliphatic carbocycles. The van der Waals surface area contributed by atoms with Crippen LogP contribution in [0.25, 0.3) is 0 Å². The summed E-state index contributed by atoms with van der Waals surface area (Å²) in [4.78, 5) is 15.7. The molecule has 2 saturated carbocycles. The Morgan fingerprint density at radius 1 is 1.37 bits per heavy atom. The first-order valence-electron chi connectivity index (χ1n) is 9.59. The van der Waals surface area contributed by atoms with Gasteiger partial charge in [0.05, 0.1) is 23.2 Å². The molecule has 4 nitrogen and oxygen atoms in total. The second-order valence-corrected chi connectivity index (χ2v) is 8.95. The number of carbonyl (C=O) groups is 1. The molecule has 0 bridgehead atoms. The summed E-state index contributed by atoms with van der Waals surface area (Å²) in [7, 11) is 0. The highest BCUT2D eigenvalue weighted by molar-refractivity contribution is 7.99. The normalized spacial score (nSPS) is 30.3. The Labute approximate surface area is 162 Å². The standard InChI is InChI=1S/C21H24FNO3S/c22-21(10-4-5-14(12-21)17-11-18(17)20(24)25)26-13-15-6-3-9-19(23-15)27-16-7-1-2-8-16/h3-6,9-10,16-18H,1-2,7-8,11-13H2,(H,24,25). The highest BCUT2D eigenvalue weighted by Gasteiger charge is 2.47. The quantitative estimate of drug-likeness (QED) is 0.718. The zero-order valence-corrected chi connectivity index (χ0v) is 16.0. The molecule has 1 aromatic heterocycles. The van der Waals surface area contributed by atoms with E-state index in [0.29, 0.717) is 17.4 Å². The molecule has 0 spiro atoms. The molecule has 0 aromatic carbocycles. The van der Waals surface area contributed by atoms with Gasteiger partial charge in [-0.25, -0.2) is 9.37 Å². The van der Waals surface area contributed by atoms with Crippen LogP contribution in [0.3, 0.4) is 0 Å². The second kappa shape index (κ2) is 7.76. The monoisotopic (exact) mass is 389 g/mol. The Hall–Kier alpha value is -1.66. The Kier molecular flexibility index (Phi) is 5.37. The van der Waals surface area contributed by atoms with Crippen LogP contribution in [0.4, 0.5) is 4.39 Å². The van der Waals surface area contributed by atoms with Crippen LogP contribution in [-0.2, 0) is 16.1 Å². The summed E-state index contributed by atoms with van der Waals surface area (Å²) in [5, 5.41) is 10.7. The Bertz CT molecular complexity index is 774. The van der Waals surface area contributed by atoms with Crippen molar-refractivity contribution in [2.75, 3.05) is 0 Å². The SMILES string of the molecule is O=C(O)C1CC1C1=CC=CC(F)(OCc2cccc(SC3CCCC3)n2)C1. The molecule has 4 rings (SSSR count). The number of rotatable bonds is 7. The minimum atomic E-state index is -1.90. The van der Waals surface area contributed by atoms with E-state index in [1.54, 1.807) is 17.8 Å². The maximum Gasteiger partial charge on any atom is 0.307 e. The minimum absolute atomic E-state index is 0.0598. The molecule has 0 aliphatic heterocycles. The maximum atomic E-state index is 15.1.